The zero-order chi connectivity index (χ0) is 20.5. The molecule has 3 rings (SSSR count). The van der Waals surface area contributed by atoms with E-state index in [4.69, 9.17) is 14.7 Å². The predicted molar refractivity (Wildman–Crippen MR) is 109 cm³/mol. The highest BCUT2D eigenvalue weighted by Gasteiger charge is 2.10. The molecule has 0 fully saturated rings. The van der Waals surface area contributed by atoms with Gasteiger partial charge in [0, 0.05) is 29.4 Å². The van der Waals surface area contributed by atoms with E-state index >= 15 is 0 Å². The first-order chi connectivity index (χ1) is 14.2. The van der Waals surface area contributed by atoms with Gasteiger partial charge in [0.05, 0.1) is 18.2 Å². The minimum Gasteiger partial charge on any atom is -0.489 e. The molecule has 6 nitrogen and oxygen atoms in total. The van der Waals surface area contributed by atoms with Crippen LogP contribution in [0.5, 0.6) is 11.6 Å². The molecule has 1 amide bonds. The van der Waals surface area contributed by atoms with Crippen LogP contribution < -0.4 is 14.8 Å². The first-order valence-corrected chi connectivity index (χ1v) is 9.27. The molecule has 0 saturated carbocycles. The maximum absolute atomic E-state index is 12.5. The molecule has 1 aromatic heterocycles. The number of nitrogens with zero attached hydrogens (tertiary/aromatic N) is 2. The van der Waals surface area contributed by atoms with Gasteiger partial charge < -0.3 is 14.8 Å². The molecule has 3 aromatic rings. The SMILES string of the molecule is CCOc1ncccc1CNC(=O)c1cccc(OCc2ccccc2C#N)c1. The Labute approximate surface area is 169 Å². The van der Waals surface area contributed by atoms with Crippen LogP contribution in [0.2, 0.25) is 0 Å². The Morgan fingerprint density at radius 1 is 1.07 bits per heavy atom. The fourth-order valence-corrected chi connectivity index (χ4v) is 2.75. The number of amides is 1. The lowest BCUT2D eigenvalue weighted by atomic mass is 10.1. The molecule has 1 N–H and O–H groups in total. The van der Waals surface area contributed by atoms with E-state index in [-0.39, 0.29) is 12.5 Å². The van der Waals surface area contributed by atoms with Crippen LogP contribution in [-0.4, -0.2) is 17.5 Å². The van der Waals surface area contributed by atoms with Gasteiger partial charge in [-0.2, -0.15) is 5.26 Å². The molecule has 0 aliphatic rings. The van der Waals surface area contributed by atoms with Gasteiger partial charge in [-0.3, -0.25) is 4.79 Å². The highest BCUT2D eigenvalue weighted by molar-refractivity contribution is 5.94. The third kappa shape index (κ3) is 5.33. The molecule has 2 aromatic carbocycles. The topological polar surface area (TPSA) is 84.2 Å². The molecular formula is C23H21N3O3. The summed E-state index contributed by atoms with van der Waals surface area (Å²) in [7, 11) is 0. The molecule has 6 heteroatoms. The fraction of sp³-hybridized carbons (Fsp3) is 0.174. The molecule has 0 aliphatic heterocycles. The molecule has 0 saturated heterocycles. The second-order valence-electron chi connectivity index (χ2n) is 6.17. The lowest BCUT2D eigenvalue weighted by Crippen LogP contribution is -2.23. The molecule has 0 unspecified atom stereocenters. The van der Waals surface area contributed by atoms with Gasteiger partial charge in [-0.05, 0) is 37.3 Å². The molecule has 146 valence electrons. The predicted octanol–water partition coefficient (Wildman–Crippen LogP) is 3.86. The monoisotopic (exact) mass is 387 g/mol. The van der Waals surface area contributed by atoms with Crippen molar-refractivity contribution in [2.45, 2.75) is 20.1 Å². The van der Waals surface area contributed by atoms with E-state index < -0.39 is 0 Å². The van der Waals surface area contributed by atoms with E-state index in [1.165, 1.54) is 0 Å². The van der Waals surface area contributed by atoms with E-state index in [0.717, 1.165) is 11.1 Å². The summed E-state index contributed by atoms with van der Waals surface area (Å²) in [5.74, 6) is 0.851. The summed E-state index contributed by atoms with van der Waals surface area (Å²) in [6, 6.07) is 20.0. The number of hydrogen-bond acceptors (Lipinski definition) is 5. The number of benzene rings is 2. The van der Waals surface area contributed by atoms with Gasteiger partial charge in [0.25, 0.3) is 5.91 Å². The van der Waals surface area contributed by atoms with Crippen molar-refractivity contribution >= 4 is 5.91 Å². The number of pyridine rings is 1. The van der Waals surface area contributed by atoms with Crippen LogP contribution in [0.1, 0.15) is 34.0 Å². The van der Waals surface area contributed by atoms with Gasteiger partial charge in [0.1, 0.15) is 12.4 Å². The van der Waals surface area contributed by atoms with Gasteiger partial charge >= 0.3 is 0 Å². The Hall–Kier alpha value is -3.85. The van der Waals surface area contributed by atoms with Crippen molar-refractivity contribution in [2.75, 3.05) is 6.61 Å². The summed E-state index contributed by atoms with van der Waals surface area (Å²) in [5.41, 5.74) is 2.66. The fourth-order valence-electron chi connectivity index (χ4n) is 2.75. The van der Waals surface area contributed by atoms with Crippen LogP contribution in [0.4, 0.5) is 0 Å². The Morgan fingerprint density at radius 3 is 2.72 bits per heavy atom. The quantitative estimate of drug-likeness (QED) is 0.634. The Bertz CT molecular complexity index is 1030. The van der Waals surface area contributed by atoms with Gasteiger partial charge in [-0.15, -0.1) is 0 Å². The van der Waals surface area contributed by atoms with Gasteiger partial charge in [0.2, 0.25) is 5.88 Å². The molecule has 0 spiro atoms. The van der Waals surface area contributed by atoms with E-state index in [9.17, 15) is 4.79 Å². The number of aromatic nitrogens is 1. The second kappa shape index (κ2) is 9.90. The Balaban J connectivity index is 1.63. The van der Waals surface area contributed by atoms with Crippen molar-refractivity contribution in [3.8, 4) is 17.7 Å². The minimum absolute atomic E-state index is 0.223. The van der Waals surface area contributed by atoms with Crippen LogP contribution in [0, 0.1) is 11.3 Å². The van der Waals surface area contributed by atoms with Crippen molar-refractivity contribution in [2.24, 2.45) is 0 Å². The van der Waals surface area contributed by atoms with Crippen molar-refractivity contribution in [3.63, 3.8) is 0 Å². The molecule has 0 bridgehead atoms. The number of nitrogens with one attached hydrogen (secondary N) is 1. The number of rotatable bonds is 8. The first-order valence-electron chi connectivity index (χ1n) is 9.27. The zero-order valence-corrected chi connectivity index (χ0v) is 16.1. The van der Waals surface area contributed by atoms with Crippen molar-refractivity contribution in [3.05, 3.63) is 89.1 Å². The van der Waals surface area contributed by atoms with E-state index in [1.807, 2.05) is 31.2 Å². The third-order valence-electron chi connectivity index (χ3n) is 4.20. The normalized spacial score (nSPS) is 10.1. The number of carbonyl (C=O) groups is 1. The summed E-state index contributed by atoms with van der Waals surface area (Å²) in [6.07, 6.45) is 1.65. The summed E-state index contributed by atoms with van der Waals surface area (Å²) < 4.78 is 11.3. The van der Waals surface area contributed by atoms with E-state index in [1.54, 1.807) is 42.6 Å². The molecular weight excluding hydrogens is 366 g/mol. The second-order valence-corrected chi connectivity index (χ2v) is 6.17. The highest BCUT2D eigenvalue weighted by atomic mass is 16.5. The standard InChI is InChI=1S/C23H21N3O3/c1-2-28-23-19(10-6-12-25-23)15-26-22(27)17-9-5-11-21(13-17)29-16-20-8-4-3-7-18(20)14-24/h3-13H,2,15-16H2,1H3,(H,26,27). The lowest BCUT2D eigenvalue weighted by Gasteiger charge is -2.11. The Morgan fingerprint density at radius 2 is 1.90 bits per heavy atom. The lowest BCUT2D eigenvalue weighted by molar-refractivity contribution is 0.0950. The number of hydrogen-bond donors (Lipinski definition) is 1. The number of ether oxygens (including phenoxy) is 2. The average molecular weight is 387 g/mol. The number of carbonyl (C=O) groups excluding carboxylic acids is 1. The third-order valence-corrected chi connectivity index (χ3v) is 4.20. The van der Waals surface area contributed by atoms with E-state index in [0.29, 0.717) is 35.9 Å². The van der Waals surface area contributed by atoms with Gasteiger partial charge in [0.15, 0.2) is 0 Å². The van der Waals surface area contributed by atoms with Crippen LogP contribution in [0.3, 0.4) is 0 Å². The molecule has 0 radical (unpaired) electrons. The summed E-state index contributed by atoms with van der Waals surface area (Å²) in [5, 5.41) is 12.0. The highest BCUT2D eigenvalue weighted by Crippen LogP contribution is 2.18. The maximum Gasteiger partial charge on any atom is 0.251 e. The van der Waals surface area contributed by atoms with Gasteiger partial charge in [-0.1, -0.05) is 30.3 Å². The first kappa shape index (κ1) is 19.9. The van der Waals surface area contributed by atoms with Crippen LogP contribution in [-0.2, 0) is 13.2 Å². The van der Waals surface area contributed by atoms with E-state index in [2.05, 4.69) is 16.4 Å². The van der Waals surface area contributed by atoms with Crippen LogP contribution in [0.25, 0.3) is 0 Å². The molecule has 0 atom stereocenters. The summed E-state index contributed by atoms with van der Waals surface area (Å²) >= 11 is 0. The minimum atomic E-state index is -0.223. The molecule has 0 aliphatic carbocycles. The molecule has 29 heavy (non-hydrogen) atoms. The Kier molecular flexibility index (Phi) is 6.80. The van der Waals surface area contributed by atoms with Crippen LogP contribution >= 0.6 is 0 Å². The van der Waals surface area contributed by atoms with Crippen molar-refractivity contribution in [1.82, 2.24) is 10.3 Å². The summed E-state index contributed by atoms with van der Waals surface area (Å²) in [6.45, 7) is 2.95. The maximum atomic E-state index is 12.5. The van der Waals surface area contributed by atoms with Gasteiger partial charge in [-0.25, -0.2) is 4.98 Å². The smallest absolute Gasteiger partial charge is 0.251 e. The molecule has 1 heterocycles. The van der Waals surface area contributed by atoms with Crippen LogP contribution in [0.15, 0.2) is 66.9 Å². The average Bonchev–Trinajstić information content (AvgIpc) is 2.77. The largest absolute Gasteiger partial charge is 0.489 e. The van der Waals surface area contributed by atoms with Crippen molar-refractivity contribution < 1.29 is 14.3 Å². The van der Waals surface area contributed by atoms with Crippen molar-refractivity contribution in [1.29, 1.82) is 5.26 Å². The zero-order valence-electron chi connectivity index (χ0n) is 16.1. The number of nitriles is 1. The summed E-state index contributed by atoms with van der Waals surface area (Å²) in [4.78, 5) is 16.7.